The Morgan fingerprint density at radius 1 is 1.53 bits per heavy atom. The lowest BCUT2D eigenvalue weighted by Crippen LogP contribution is -2.15. The molecule has 0 aliphatic carbocycles. The average Bonchev–Trinajstić information content (AvgIpc) is 2.24. The molecular formula is C11H16ClN3. The van der Waals surface area contributed by atoms with Crippen LogP contribution in [0.15, 0.2) is 12.7 Å². The van der Waals surface area contributed by atoms with E-state index in [-0.39, 0.29) is 6.04 Å². The van der Waals surface area contributed by atoms with Crippen LogP contribution < -0.4 is 5.32 Å². The molecule has 0 saturated heterocycles. The van der Waals surface area contributed by atoms with Gasteiger partial charge in [-0.3, -0.25) is 0 Å². The van der Waals surface area contributed by atoms with Crippen molar-refractivity contribution < 1.29 is 0 Å². The second kappa shape index (κ2) is 5.12. The minimum atomic E-state index is 0.166. The van der Waals surface area contributed by atoms with Gasteiger partial charge in [-0.2, -0.15) is 0 Å². The molecule has 1 aromatic heterocycles. The third-order valence-corrected chi connectivity index (χ3v) is 2.53. The summed E-state index contributed by atoms with van der Waals surface area (Å²) >= 11 is 6.01. The lowest BCUT2D eigenvalue weighted by atomic mass is 10.3. The predicted octanol–water partition coefficient (Wildman–Crippen LogP) is 2.99. The Morgan fingerprint density at radius 2 is 2.20 bits per heavy atom. The van der Waals surface area contributed by atoms with E-state index >= 15 is 0 Å². The van der Waals surface area contributed by atoms with Gasteiger partial charge in [-0.1, -0.05) is 24.6 Å². The maximum Gasteiger partial charge on any atom is 0.137 e. The van der Waals surface area contributed by atoms with E-state index in [1.54, 1.807) is 0 Å². The molecule has 1 rings (SSSR count). The Kier molecular flexibility index (Phi) is 4.09. The molecule has 1 unspecified atom stereocenters. The fourth-order valence-corrected chi connectivity index (χ4v) is 1.29. The molecule has 0 radical (unpaired) electrons. The molecule has 1 heterocycles. The molecule has 1 N–H and O–H groups in total. The predicted molar refractivity (Wildman–Crippen MR) is 64.4 cm³/mol. The van der Waals surface area contributed by atoms with Crippen molar-refractivity contribution in [3.63, 3.8) is 0 Å². The largest absolute Gasteiger partial charge is 0.364 e. The minimum Gasteiger partial charge on any atom is -0.364 e. The summed E-state index contributed by atoms with van der Waals surface area (Å²) in [5.74, 6) is 1.55. The first-order valence-electron chi connectivity index (χ1n) is 5.00. The van der Waals surface area contributed by atoms with Crippen molar-refractivity contribution >= 4 is 17.4 Å². The normalized spacial score (nSPS) is 12.3. The first kappa shape index (κ1) is 12.0. The van der Waals surface area contributed by atoms with Crippen LogP contribution in [0.4, 0.5) is 5.82 Å². The number of aromatic nitrogens is 2. The number of rotatable bonds is 4. The van der Waals surface area contributed by atoms with Gasteiger partial charge in [-0.05, 0) is 13.8 Å². The van der Waals surface area contributed by atoms with E-state index in [4.69, 9.17) is 11.6 Å². The van der Waals surface area contributed by atoms with Crippen LogP contribution in [0, 0.1) is 6.92 Å². The SMILES string of the molecule is C=CC(C)Nc1nc(CC)nc(Cl)c1C. The van der Waals surface area contributed by atoms with Crippen molar-refractivity contribution in [1.82, 2.24) is 9.97 Å². The van der Waals surface area contributed by atoms with Crippen LogP contribution in [0.25, 0.3) is 0 Å². The zero-order chi connectivity index (χ0) is 11.4. The van der Waals surface area contributed by atoms with Crippen molar-refractivity contribution in [2.24, 2.45) is 0 Å². The molecule has 1 atom stereocenters. The highest BCUT2D eigenvalue weighted by Crippen LogP contribution is 2.20. The van der Waals surface area contributed by atoms with Gasteiger partial charge in [-0.25, -0.2) is 9.97 Å². The number of nitrogens with zero attached hydrogens (tertiary/aromatic N) is 2. The lowest BCUT2D eigenvalue weighted by molar-refractivity contribution is 0.904. The van der Waals surface area contributed by atoms with Crippen molar-refractivity contribution in [2.45, 2.75) is 33.2 Å². The van der Waals surface area contributed by atoms with Gasteiger partial charge in [0, 0.05) is 18.0 Å². The molecule has 0 aliphatic rings. The zero-order valence-electron chi connectivity index (χ0n) is 9.34. The van der Waals surface area contributed by atoms with Crippen LogP contribution in [0.2, 0.25) is 5.15 Å². The highest BCUT2D eigenvalue weighted by atomic mass is 35.5. The quantitative estimate of drug-likeness (QED) is 0.633. The fraction of sp³-hybridized carbons (Fsp3) is 0.455. The summed E-state index contributed by atoms with van der Waals surface area (Å²) in [4.78, 5) is 8.56. The smallest absolute Gasteiger partial charge is 0.137 e. The highest BCUT2D eigenvalue weighted by molar-refractivity contribution is 6.30. The molecule has 1 aromatic rings. The average molecular weight is 226 g/mol. The molecule has 3 nitrogen and oxygen atoms in total. The first-order valence-corrected chi connectivity index (χ1v) is 5.38. The molecule has 0 amide bonds. The number of aryl methyl sites for hydroxylation is 1. The number of hydrogen-bond donors (Lipinski definition) is 1. The fourth-order valence-electron chi connectivity index (χ4n) is 1.11. The summed E-state index contributed by atoms with van der Waals surface area (Å²) in [6, 6.07) is 0.166. The van der Waals surface area contributed by atoms with Gasteiger partial charge in [0.05, 0.1) is 0 Å². The summed E-state index contributed by atoms with van der Waals surface area (Å²) in [6.45, 7) is 9.62. The van der Waals surface area contributed by atoms with Crippen molar-refractivity contribution in [1.29, 1.82) is 0 Å². The second-order valence-electron chi connectivity index (χ2n) is 3.43. The van der Waals surface area contributed by atoms with E-state index in [1.807, 2.05) is 26.8 Å². The van der Waals surface area contributed by atoms with E-state index in [0.717, 1.165) is 23.6 Å². The van der Waals surface area contributed by atoms with Crippen molar-refractivity contribution in [3.8, 4) is 0 Å². The van der Waals surface area contributed by atoms with Gasteiger partial charge >= 0.3 is 0 Å². The minimum absolute atomic E-state index is 0.166. The van der Waals surface area contributed by atoms with Crippen LogP contribution >= 0.6 is 11.6 Å². The van der Waals surface area contributed by atoms with E-state index in [1.165, 1.54) is 0 Å². The number of anilines is 1. The summed E-state index contributed by atoms with van der Waals surface area (Å²) in [7, 11) is 0. The summed E-state index contributed by atoms with van der Waals surface area (Å²) in [6.07, 6.45) is 2.60. The Balaban J connectivity index is 3.04. The van der Waals surface area contributed by atoms with Crippen LogP contribution in [-0.4, -0.2) is 16.0 Å². The van der Waals surface area contributed by atoms with Crippen LogP contribution in [-0.2, 0) is 6.42 Å². The topological polar surface area (TPSA) is 37.8 Å². The molecule has 0 aliphatic heterocycles. The third kappa shape index (κ3) is 2.93. The molecule has 0 aromatic carbocycles. The van der Waals surface area contributed by atoms with Gasteiger partial charge in [0.25, 0.3) is 0 Å². The molecule has 4 heteroatoms. The highest BCUT2D eigenvalue weighted by Gasteiger charge is 2.09. The monoisotopic (exact) mass is 225 g/mol. The molecular weight excluding hydrogens is 210 g/mol. The molecule has 0 fully saturated rings. The zero-order valence-corrected chi connectivity index (χ0v) is 10.1. The van der Waals surface area contributed by atoms with Crippen molar-refractivity contribution in [3.05, 3.63) is 29.2 Å². The molecule has 0 saturated carbocycles. The van der Waals surface area contributed by atoms with Gasteiger partial charge in [0.15, 0.2) is 0 Å². The van der Waals surface area contributed by atoms with Gasteiger partial charge in [0.1, 0.15) is 16.8 Å². The number of hydrogen-bond acceptors (Lipinski definition) is 3. The van der Waals surface area contributed by atoms with Crippen LogP contribution in [0.3, 0.4) is 0 Å². The summed E-state index contributed by atoms with van der Waals surface area (Å²) in [5.41, 5.74) is 0.877. The molecule has 82 valence electrons. The van der Waals surface area contributed by atoms with Gasteiger partial charge in [-0.15, -0.1) is 6.58 Å². The summed E-state index contributed by atoms with van der Waals surface area (Å²) in [5, 5.41) is 3.74. The maximum absolute atomic E-state index is 6.01. The van der Waals surface area contributed by atoms with Crippen molar-refractivity contribution in [2.75, 3.05) is 5.32 Å². The summed E-state index contributed by atoms with van der Waals surface area (Å²) < 4.78 is 0. The van der Waals surface area contributed by atoms with E-state index in [9.17, 15) is 0 Å². The third-order valence-electron chi connectivity index (χ3n) is 2.17. The number of nitrogens with one attached hydrogen (secondary N) is 1. The Bertz CT molecular complexity index is 363. The van der Waals surface area contributed by atoms with Crippen LogP contribution in [0.5, 0.6) is 0 Å². The lowest BCUT2D eigenvalue weighted by Gasteiger charge is -2.13. The molecule has 0 spiro atoms. The van der Waals surface area contributed by atoms with E-state index < -0.39 is 0 Å². The first-order chi connectivity index (χ1) is 7.08. The Labute approximate surface area is 95.6 Å². The van der Waals surface area contributed by atoms with Gasteiger partial charge < -0.3 is 5.32 Å². The van der Waals surface area contributed by atoms with E-state index in [2.05, 4.69) is 21.9 Å². The Morgan fingerprint density at radius 3 is 2.73 bits per heavy atom. The molecule has 15 heavy (non-hydrogen) atoms. The Hall–Kier alpha value is -1.09. The second-order valence-corrected chi connectivity index (χ2v) is 3.78. The number of halogens is 1. The molecule has 0 bridgehead atoms. The van der Waals surface area contributed by atoms with Gasteiger partial charge in [0.2, 0.25) is 0 Å². The van der Waals surface area contributed by atoms with E-state index in [0.29, 0.717) is 5.15 Å². The standard InChI is InChI=1S/C11H16ClN3/c1-5-7(3)13-11-8(4)10(12)14-9(6-2)15-11/h5,7H,1,6H2,2-4H3,(H,13,14,15). The van der Waals surface area contributed by atoms with Crippen LogP contribution in [0.1, 0.15) is 25.2 Å². The maximum atomic E-state index is 6.01.